The van der Waals surface area contributed by atoms with Crippen molar-refractivity contribution in [1.82, 2.24) is 0 Å². The Balaban J connectivity index is 2.11. The lowest BCUT2D eigenvalue weighted by Gasteiger charge is -1.94. The van der Waals surface area contributed by atoms with Crippen LogP contribution in [0, 0.1) is 13.8 Å². The summed E-state index contributed by atoms with van der Waals surface area (Å²) in [5.41, 5.74) is 1.22. The number of Topliss-reactive ketones (excluding diaryl/α,β-unsaturated/α-hetero) is 1. The largest absolute Gasteiger partial charge is 0.293 e. The Labute approximate surface area is 110 Å². The van der Waals surface area contributed by atoms with Gasteiger partial charge in [0.15, 0.2) is 5.78 Å². The van der Waals surface area contributed by atoms with E-state index in [1.54, 1.807) is 22.7 Å². The molecule has 90 valence electrons. The third-order valence-corrected chi connectivity index (χ3v) is 5.26. The summed E-state index contributed by atoms with van der Waals surface area (Å²) in [5.74, 6) is 0.246. The average Bonchev–Trinajstić information content (AvgIpc) is 2.87. The van der Waals surface area contributed by atoms with Crippen molar-refractivity contribution in [3.63, 3.8) is 0 Å². The summed E-state index contributed by atoms with van der Waals surface area (Å²) in [6.07, 6.45) is 1.60. The second-order valence-corrected chi connectivity index (χ2v) is 6.68. The van der Waals surface area contributed by atoms with Crippen molar-refractivity contribution >= 4 is 28.5 Å². The van der Waals surface area contributed by atoms with Gasteiger partial charge >= 0.3 is 0 Å². The lowest BCUT2D eigenvalue weighted by Crippen LogP contribution is -1.98. The number of hydrogen-bond acceptors (Lipinski definition) is 3. The molecule has 2 heterocycles. The number of carbonyl (C=O) groups excluding carboxylic acids is 1. The Bertz CT molecular complexity index is 515. The molecular weight excluding hydrogens is 248 g/mol. The van der Waals surface area contributed by atoms with Crippen LogP contribution < -0.4 is 0 Å². The first-order valence-electron chi connectivity index (χ1n) is 5.78. The summed E-state index contributed by atoms with van der Waals surface area (Å²) >= 11 is 3.36. The zero-order valence-corrected chi connectivity index (χ0v) is 12.0. The minimum atomic E-state index is 0.246. The first kappa shape index (κ1) is 12.5. The normalized spacial score (nSPS) is 10.8. The number of thiophene rings is 2. The summed E-state index contributed by atoms with van der Waals surface area (Å²) in [5, 5.41) is 0. The van der Waals surface area contributed by atoms with Gasteiger partial charge in [-0.2, -0.15) is 0 Å². The highest BCUT2D eigenvalue weighted by Crippen LogP contribution is 2.24. The summed E-state index contributed by atoms with van der Waals surface area (Å²) in [6, 6.07) is 6.21. The van der Waals surface area contributed by atoms with Crippen LogP contribution in [-0.4, -0.2) is 5.78 Å². The molecule has 0 radical (unpaired) electrons. The van der Waals surface area contributed by atoms with Crippen molar-refractivity contribution in [3.05, 3.63) is 43.3 Å². The van der Waals surface area contributed by atoms with Crippen LogP contribution in [0.4, 0.5) is 0 Å². The molecule has 2 aromatic heterocycles. The van der Waals surface area contributed by atoms with Gasteiger partial charge in [0, 0.05) is 21.1 Å². The molecular formula is C14H16OS2. The molecule has 0 bridgehead atoms. The van der Waals surface area contributed by atoms with E-state index in [9.17, 15) is 4.79 Å². The van der Waals surface area contributed by atoms with Gasteiger partial charge in [-0.05, 0) is 44.0 Å². The van der Waals surface area contributed by atoms with E-state index in [1.807, 2.05) is 6.07 Å². The van der Waals surface area contributed by atoms with Gasteiger partial charge in [0.1, 0.15) is 0 Å². The van der Waals surface area contributed by atoms with Crippen LogP contribution in [0.3, 0.4) is 0 Å². The molecule has 2 aromatic rings. The van der Waals surface area contributed by atoms with Crippen molar-refractivity contribution in [1.29, 1.82) is 0 Å². The third-order valence-electron chi connectivity index (χ3n) is 2.84. The Morgan fingerprint density at radius 1 is 1.18 bits per heavy atom. The van der Waals surface area contributed by atoms with E-state index in [4.69, 9.17) is 0 Å². The van der Waals surface area contributed by atoms with Crippen molar-refractivity contribution in [2.45, 2.75) is 33.6 Å². The number of hydrogen-bond donors (Lipinski definition) is 0. The molecule has 0 aromatic carbocycles. The lowest BCUT2D eigenvalue weighted by molar-refractivity contribution is 0.0997. The Kier molecular flexibility index (Phi) is 3.79. The van der Waals surface area contributed by atoms with Gasteiger partial charge in [0.25, 0.3) is 0 Å². The molecule has 0 saturated heterocycles. The molecule has 1 nitrogen and oxygen atoms in total. The zero-order valence-electron chi connectivity index (χ0n) is 10.4. The van der Waals surface area contributed by atoms with E-state index in [2.05, 4.69) is 32.9 Å². The molecule has 0 spiro atoms. The fourth-order valence-corrected chi connectivity index (χ4v) is 3.59. The van der Waals surface area contributed by atoms with E-state index in [0.29, 0.717) is 6.42 Å². The number of aryl methyl sites for hydroxylation is 3. The van der Waals surface area contributed by atoms with Gasteiger partial charge < -0.3 is 0 Å². The minimum Gasteiger partial charge on any atom is -0.293 e. The molecule has 0 unspecified atom stereocenters. The fraction of sp³-hybridized carbons (Fsp3) is 0.357. The number of rotatable bonds is 4. The summed E-state index contributed by atoms with van der Waals surface area (Å²) < 4.78 is 0. The van der Waals surface area contributed by atoms with Crippen LogP contribution in [0.5, 0.6) is 0 Å². The first-order chi connectivity index (χ1) is 8.10. The third kappa shape index (κ3) is 2.85. The monoisotopic (exact) mass is 264 g/mol. The van der Waals surface area contributed by atoms with Crippen LogP contribution in [0.15, 0.2) is 18.2 Å². The molecule has 2 rings (SSSR count). The minimum absolute atomic E-state index is 0.246. The van der Waals surface area contributed by atoms with Gasteiger partial charge in [-0.3, -0.25) is 4.79 Å². The predicted molar refractivity (Wildman–Crippen MR) is 75.5 cm³/mol. The van der Waals surface area contributed by atoms with Crippen LogP contribution in [0.2, 0.25) is 0 Å². The predicted octanol–water partition coefficient (Wildman–Crippen LogP) is 4.41. The van der Waals surface area contributed by atoms with Gasteiger partial charge in [-0.15, -0.1) is 22.7 Å². The Hall–Kier alpha value is -0.930. The highest BCUT2D eigenvalue weighted by Gasteiger charge is 2.12. The molecule has 0 fully saturated rings. The second-order valence-electron chi connectivity index (χ2n) is 4.17. The van der Waals surface area contributed by atoms with E-state index in [0.717, 1.165) is 11.3 Å². The fourth-order valence-electron chi connectivity index (χ4n) is 1.66. The van der Waals surface area contributed by atoms with Crippen molar-refractivity contribution in [2.75, 3.05) is 0 Å². The number of ketones is 1. The SMILES string of the molecule is CCc1ccc(CC(=O)c2cc(C)c(C)s2)s1. The quantitative estimate of drug-likeness (QED) is 0.747. The highest BCUT2D eigenvalue weighted by atomic mass is 32.1. The molecule has 0 aliphatic rings. The van der Waals surface area contributed by atoms with E-state index >= 15 is 0 Å². The summed E-state index contributed by atoms with van der Waals surface area (Å²) in [7, 11) is 0. The van der Waals surface area contributed by atoms with Crippen LogP contribution in [-0.2, 0) is 12.8 Å². The first-order valence-corrected chi connectivity index (χ1v) is 7.41. The van der Waals surface area contributed by atoms with Crippen LogP contribution >= 0.6 is 22.7 Å². The number of carbonyl (C=O) groups is 1. The lowest BCUT2D eigenvalue weighted by atomic mass is 10.2. The van der Waals surface area contributed by atoms with Gasteiger partial charge in [0.05, 0.1) is 4.88 Å². The van der Waals surface area contributed by atoms with Crippen molar-refractivity contribution in [2.24, 2.45) is 0 Å². The standard InChI is InChI=1S/C14H16OS2/c1-4-11-5-6-12(17-11)8-13(15)14-7-9(2)10(3)16-14/h5-7H,4,8H2,1-3H3. The van der Waals surface area contributed by atoms with Gasteiger partial charge in [-0.1, -0.05) is 6.92 Å². The highest BCUT2D eigenvalue weighted by molar-refractivity contribution is 7.14. The van der Waals surface area contributed by atoms with Crippen molar-refractivity contribution in [3.8, 4) is 0 Å². The maximum Gasteiger partial charge on any atom is 0.177 e. The van der Waals surface area contributed by atoms with Gasteiger partial charge in [-0.25, -0.2) is 0 Å². The van der Waals surface area contributed by atoms with Crippen LogP contribution in [0.1, 0.15) is 36.8 Å². The average molecular weight is 264 g/mol. The van der Waals surface area contributed by atoms with Crippen LogP contribution in [0.25, 0.3) is 0 Å². The smallest absolute Gasteiger partial charge is 0.177 e. The molecule has 0 aliphatic carbocycles. The zero-order chi connectivity index (χ0) is 12.4. The summed E-state index contributed by atoms with van der Waals surface area (Å²) in [6.45, 7) is 6.27. The molecule has 3 heteroatoms. The topological polar surface area (TPSA) is 17.1 Å². The Morgan fingerprint density at radius 2 is 1.88 bits per heavy atom. The maximum absolute atomic E-state index is 12.1. The van der Waals surface area contributed by atoms with E-state index in [1.165, 1.54) is 20.2 Å². The second kappa shape index (κ2) is 5.15. The molecule has 0 N–H and O–H groups in total. The molecule has 0 atom stereocenters. The van der Waals surface area contributed by atoms with Gasteiger partial charge in [0.2, 0.25) is 0 Å². The van der Waals surface area contributed by atoms with E-state index in [-0.39, 0.29) is 5.78 Å². The molecule has 0 aliphatic heterocycles. The summed E-state index contributed by atoms with van der Waals surface area (Å²) in [4.78, 5) is 16.8. The molecule has 0 saturated carbocycles. The molecule has 17 heavy (non-hydrogen) atoms. The molecule has 0 amide bonds. The maximum atomic E-state index is 12.1. The Morgan fingerprint density at radius 3 is 2.41 bits per heavy atom. The van der Waals surface area contributed by atoms with Crippen molar-refractivity contribution < 1.29 is 4.79 Å². The van der Waals surface area contributed by atoms with E-state index < -0.39 is 0 Å².